The molecule has 0 bridgehead atoms. The lowest BCUT2D eigenvalue weighted by Crippen LogP contribution is -2.11. The van der Waals surface area contributed by atoms with Gasteiger partial charge in [0.15, 0.2) is 5.65 Å². The number of carbonyl (C=O) groups is 1. The second-order valence-corrected chi connectivity index (χ2v) is 8.79. The minimum absolute atomic E-state index is 0.0428. The Bertz CT molecular complexity index is 1420. The van der Waals surface area contributed by atoms with Gasteiger partial charge in [-0.05, 0) is 30.4 Å². The SMILES string of the molecule is Cn1c2ccccc2c2nnc(SCCCCC(=O)Nc3cccc4ccccc34)nc21. The number of amides is 1. The van der Waals surface area contributed by atoms with Crippen LogP contribution in [0.1, 0.15) is 19.3 Å². The molecule has 5 aromatic rings. The Morgan fingerprint density at radius 2 is 1.72 bits per heavy atom. The third-order valence-corrected chi connectivity index (χ3v) is 6.50. The molecule has 32 heavy (non-hydrogen) atoms. The molecule has 5 rings (SSSR count). The van der Waals surface area contributed by atoms with Crippen LogP contribution in [-0.4, -0.2) is 31.4 Å². The maximum atomic E-state index is 12.4. The Morgan fingerprint density at radius 1 is 0.938 bits per heavy atom. The number of anilines is 1. The number of carbonyl (C=O) groups excluding carboxylic acids is 1. The number of aromatic nitrogens is 4. The van der Waals surface area contributed by atoms with Crippen molar-refractivity contribution < 1.29 is 4.79 Å². The molecule has 0 unspecified atom stereocenters. The van der Waals surface area contributed by atoms with Gasteiger partial charge in [-0.15, -0.1) is 10.2 Å². The lowest BCUT2D eigenvalue weighted by molar-refractivity contribution is -0.116. The second kappa shape index (κ2) is 8.96. The van der Waals surface area contributed by atoms with Crippen molar-refractivity contribution in [2.24, 2.45) is 7.05 Å². The number of nitrogens with zero attached hydrogens (tertiary/aromatic N) is 4. The first kappa shape index (κ1) is 20.5. The lowest BCUT2D eigenvalue weighted by Gasteiger charge is -2.08. The minimum Gasteiger partial charge on any atom is -0.327 e. The molecule has 0 aliphatic carbocycles. The molecule has 2 aromatic heterocycles. The van der Waals surface area contributed by atoms with Gasteiger partial charge in [-0.2, -0.15) is 0 Å². The number of aryl methyl sites for hydroxylation is 1. The van der Waals surface area contributed by atoms with Crippen LogP contribution < -0.4 is 5.32 Å². The standard InChI is InChI=1S/C25H23N5OS/c1-30-21-14-5-4-12-19(21)23-24(30)27-25(29-28-23)32-16-7-6-15-22(31)26-20-13-8-10-17-9-2-3-11-18(17)20/h2-5,8-14H,6-7,15-16H2,1H3,(H,26,31). The summed E-state index contributed by atoms with van der Waals surface area (Å²) in [4.78, 5) is 17.1. The van der Waals surface area contributed by atoms with Gasteiger partial charge in [0.2, 0.25) is 11.1 Å². The Labute approximate surface area is 190 Å². The van der Waals surface area contributed by atoms with Crippen molar-refractivity contribution in [3.63, 3.8) is 0 Å². The predicted octanol–water partition coefficient (Wildman–Crippen LogP) is 5.57. The molecule has 1 N–H and O–H groups in total. The minimum atomic E-state index is 0.0428. The van der Waals surface area contributed by atoms with Gasteiger partial charge >= 0.3 is 0 Å². The monoisotopic (exact) mass is 441 g/mol. The van der Waals surface area contributed by atoms with Crippen LogP contribution in [0.4, 0.5) is 5.69 Å². The van der Waals surface area contributed by atoms with Crippen molar-refractivity contribution in [2.75, 3.05) is 11.1 Å². The average Bonchev–Trinajstić information content (AvgIpc) is 3.11. The molecule has 0 spiro atoms. The first-order valence-electron chi connectivity index (χ1n) is 10.7. The summed E-state index contributed by atoms with van der Waals surface area (Å²) in [6, 6.07) is 22.2. The third kappa shape index (κ3) is 4.03. The van der Waals surface area contributed by atoms with Crippen molar-refractivity contribution >= 4 is 56.2 Å². The van der Waals surface area contributed by atoms with Crippen LogP contribution >= 0.6 is 11.8 Å². The highest BCUT2D eigenvalue weighted by Gasteiger charge is 2.12. The molecular weight excluding hydrogens is 418 g/mol. The predicted molar refractivity (Wildman–Crippen MR) is 131 cm³/mol. The van der Waals surface area contributed by atoms with E-state index in [9.17, 15) is 4.79 Å². The molecule has 7 heteroatoms. The van der Waals surface area contributed by atoms with E-state index in [2.05, 4.69) is 38.3 Å². The van der Waals surface area contributed by atoms with Crippen LogP contribution in [0.15, 0.2) is 71.9 Å². The van der Waals surface area contributed by atoms with E-state index in [4.69, 9.17) is 4.98 Å². The van der Waals surface area contributed by atoms with E-state index in [0.717, 1.165) is 57.1 Å². The summed E-state index contributed by atoms with van der Waals surface area (Å²) in [7, 11) is 2.00. The molecule has 2 heterocycles. The maximum absolute atomic E-state index is 12.4. The van der Waals surface area contributed by atoms with Crippen molar-refractivity contribution in [3.8, 4) is 0 Å². The van der Waals surface area contributed by atoms with E-state index in [1.165, 1.54) is 0 Å². The zero-order valence-electron chi connectivity index (χ0n) is 17.8. The van der Waals surface area contributed by atoms with E-state index in [1.54, 1.807) is 11.8 Å². The van der Waals surface area contributed by atoms with Gasteiger partial charge in [-0.1, -0.05) is 66.4 Å². The lowest BCUT2D eigenvalue weighted by atomic mass is 10.1. The number of nitrogens with one attached hydrogen (secondary N) is 1. The zero-order chi connectivity index (χ0) is 21.9. The Morgan fingerprint density at radius 3 is 2.62 bits per heavy atom. The number of benzene rings is 3. The largest absolute Gasteiger partial charge is 0.327 e. The first-order valence-corrected chi connectivity index (χ1v) is 11.7. The van der Waals surface area contributed by atoms with Gasteiger partial charge in [0.05, 0.1) is 5.52 Å². The normalized spacial score (nSPS) is 11.4. The van der Waals surface area contributed by atoms with Gasteiger partial charge < -0.3 is 9.88 Å². The van der Waals surface area contributed by atoms with Gasteiger partial charge in [0, 0.05) is 35.7 Å². The van der Waals surface area contributed by atoms with Crippen LogP contribution in [0.25, 0.3) is 32.8 Å². The number of unbranched alkanes of at least 4 members (excludes halogenated alkanes) is 1. The van der Waals surface area contributed by atoms with Crippen molar-refractivity contribution in [1.82, 2.24) is 19.7 Å². The van der Waals surface area contributed by atoms with Crippen LogP contribution in [-0.2, 0) is 11.8 Å². The molecule has 0 radical (unpaired) electrons. The molecule has 0 aliphatic rings. The highest BCUT2D eigenvalue weighted by molar-refractivity contribution is 7.99. The summed E-state index contributed by atoms with van der Waals surface area (Å²) in [5, 5.41) is 15.7. The highest BCUT2D eigenvalue weighted by Crippen LogP contribution is 2.26. The molecule has 6 nitrogen and oxygen atoms in total. The average molecular weight is 442 g/mol. The number of hydrogen-bond donors (Lipinski definition) is 1. The van der Waals surface area contributed by atoms with Crippen LogP contribution in [0.3, 0.4) is 0 Å². The van der Waals surface area contributed by atoms with Crippen LogP contribution in [0.5, 0.6) is 0 Å². The topological polar surface area (TPSA) is 72.7 Å². The summed E-state index contributed by atoms with van der Waals surface area (Å²) >= 11 is 1.58. The number of hydrogen-bond acceptors (Lipinski definition) is 5. The third-order valence-electron chi connectivity index (χ3n) is 5.58. The quantitative estimate of drug-likeness (QED) is 0.264. The summed E-state index contributed by atoms with van der Waals surface area (Å²) < 4.78 is 2.06. The summed E-state index contributed by atoms with van der Waals surface area (Å²) in [5.74, 6) is 0.889. The molecular formula is C25H23N5OS. The summed E-state index contributed by atoms with van der Waals surface area (Å²) in [5.41, 5.74) is 3.64. The van der Waals surface area contributed by atoms with Crippen molar-refractivity contribution in [2.45, 2.75) is 24.4 Å². The smallest absolute Gasteiger partial charge is 0.224 e. The fourth-order valence-electron chi connectivity index (χ4n) is 3.95. The molecule has 0 saturated heterocycles. The number of para-hydroxylation sites is 1. The second-order valence-electron chi connectivity index (χ2n) is 7.72. The number of fused-ring (bicyclic) bond motifs is 4. The Hall–Kier alpha value is -3.45. The Balaban J connectivity index is 1.14. The van der Waals surface area contributed by atoms with E-state index < -0.39 is 0 Å². The van der Waals surface area contributed by atoms with Crippen LogP contribution in [0.2, 0.25) is 0 Å². The van der Waals surface area contributed by atoms with E-state index in [-0.39, 0.29) is 5.91 Å². The molecule has 0 aliphatic heterocycles. The molecule has 0 fully saturated rings. The highest BCUT2D eigenvalue weighted by atomic mass is 32.2. The molecule has 0 atom stereocenters. The van der Waals surface area contributed by atoms with Gasteiger partial charge in [-0.3, -0.25) is 4.79 Å². The zero-order valence-corrected chi connectivity index (χ0v) is 18.6. The van der Waals surface area contributed by atoms with Crippen molar-refractivity contribution in [1.29, 1.82) is 0 Å². The maximum Gasteiger partial charge on any atom is 0.224 e. The fourth-order valence-corrected chi connectivity index (χ4v) is 4.73. The van der Waals surface area contributed by atoms with Gasteiger partial charge in [-0.25, -0.2) is 4.98 Å². The molecule has 160 valence electrons. The Kier molecular flexibility index (Phi) is 5.73. The number of rotatable bonds is 7. The number of thioether (sulfide) groups is 1. The molecule has 3 aromatic carbocycles. The fraction of sp³-hybridized carbons (Fsp3) is 0.200. The first-order chi connectivity index (χ1) is 15.7. The van der Waals surface area contributed by atoms with Gasteiger partial charge in [0.1, 0.15) is 5.52 Å². The van der Waals surface area contributed by atoms with Crippen molar-refractivity contribution in [3.05, 3.63) is 66.7 Å². The summed E-state index contributed by atoms with van der Waals surface area (Å²) in [6.45, 7) is 0. The van der Waals surface area contributed by atoms with E-state index in [0.29, 0.717) is 11.6 Å². The van der Waals surface area contributed by atoms with Gasteiger partial charge in [0.25, 0.3) is 0 Å². The van der Waals surface area contributed by atoms with Crippen LogP contribution in [0, 0.1) is 0 Å². The van der Waals surface area contributed by atoms with E-state index >= 15 is 0 Å². The molecule has 0 saturated carbocycles. The molecule has 1 amide bonds. The summed E-state index contributed by atoms with van der Waals surface area (Å²) in [6.07, 6.45) is 2.21. The van der Waals surface area contributed by atoms with E-state index in [1.807, 2.05) is 55.6 Å².